The molecule has 0 aromatic heterocycles. The summed E-state index contributed by atoms with van der Waals surface area (Å²) in [6.07, 6.45) is 3.83. The Bertz CT molecular complexity index is 384. The van der Waals surface area contributed by atoms with Gasteiger partial charge in [-0.3, -0.25) is 0 Å². The highest BCUT2D eigenvalue weighted by Crippen LogP contribution is 2.32. The lowest BCUT2D eigenvalue weighted by Crippen LogP contribution is -2.37. The molecule has 94 valence electrons. The van der Waals surface area contributed by atoms with Crippen LogP contribution in [0, 0.1) is 17.7 Å². The van der Waals surface area contributed by atoms with Crippen molar-refractivity contribution in [2.24, 2.45) is 11.8 Å². The number of hydrogen-bond acceptors (Lipinski definition) is 1. The quantitative estimate of drug-likeness (QED) is 0.807. The van der Waals surface area contributed by atoms with Crippen LogP contribution in [0.25, 0.3) is 0 Å². The molecule has 1 nitrogen and oxygen atoms in total. The van der Waals surface area contributed by atoms with Gasteiger partial charge in [0.15, 0.2) is 0 Å². The molecule has 0 saturated heterocycles. The van der Waals surface area contributed by atoms with Gasteiger partial charge in [0.05, 0.1) is 5.02 Å². The molecule has 2 unspecified atom stereocenters. The van der Waals surface area contributed by atoms with Gasteiger partial charge in [0.25, 0.3) is 0 Å². The molecule has 0 aliphatic heterocycles. The van der Waals surface area contributed by atoms with E-state index >= 15 is 0 Å². The number of halogens is 2. The standard InChI is InChI=1S/C14H19ClFN/c1-9-4-3-5-10(2)14(9)17-11-6-7-13(16)12(15)8-11/h6-10,14,17H,3-5H2,1-2H3. The molecule has 0 heterocycles. The van der Waals surface area contributed by atoms with E-state index in [0.717, 1.165) is 5.69 Å². The second-order valence-electron chi connectivity index (χ2n) is 5.18. The van der Waals surface area contributed by atoms with E-state index in [9.17, 15) is 4.39 Å². The minimum absolute atomic E-state index is 0.186. The first-order chi connectivity index (χ1) is 8.08. The third-order valence-electron chi connectivity index (χ3n) is 3.80. The lowest BCUT2D eigenvalue weighted by Gasteiger charge is -2.36. The minimum Gasteiger partial charge on any atom is -0.382 e. The van der Waals surface area contributed by atoms with Gasteiger partial charge in [-0.05, 0) is 42.9 Å². The van der Waals surface area contributed by atoms with E-state index in [1.54, 1.807) is 12.1 Å². The summed E-state index contributed by atoms with van der Waals surface area (Å²) in [6.45, 7) is 4.55. The van der Waals surface area contributed by atoms with E-state index in [-0.39, 0.29) is 10.8 Å². The van der Waals surface area contributed by atoms with Crippen molar-refractivity contribution in [2.75, 3.05) is 5.32 Å². The van der Waals surface area contributed by atoms with Gasteiger partial charge < -0.3 is 5.32 Å². The monoisotopic (exact) mass is 255 g/mol. The van der Waals surface area contributed by atoms with Gasteiger partial charge in [0, 0.05) is 11.7 Å². The largest absolute Gasteiger partial charge is 0.382 e. The summed E-state index contributed by atoms with van der Waals surface area (Å²) in [5.41, 5.74) is 0.919. The van der Waals surface area contributed by atoms with Gasteiger partial charge in [-0.15, -0.1) is 0 Å². The van der Waals surface area contributed by atoms with Crippen molar-refractivity contribution >= 4 is 17.3 Å². The molecular formula is C14H19ClFN. The zero-order chi connectivity index (χ0) is 12.4. The molecule has 1 aliphatic rings. The van der Waals surface area contributed by atoms with E-state index in [0.29, 0.717) is 17.9 Å². The molecule has 1 aromatic carbocycles. The number of hydrogen-bond donors (Lipinski definition) is 1. The number of anilines is 1. The Hall–Kier alpha value is -0.760. The highest BCUT2D eigenvalue weighted by Gasteiger charge is 2.27. The van der Waals surface area contributed by atoms with Crippen molar-refractivity contribution in [3.05, 3.63) is 29.0 Å². The molecule has 1 aliphatic carbocycles. The normalized spacial score (nSPS) is 29.1. The lowest BCUT2D eigenvalue weighted by atomic mass is 9.78. The Balaban J connectivity index is 2.10. The van der Waals surface area contributed by atoms with Crippen LogP contribution in [0.4, 0.5) is 10.1 Å². The first-order valence-corrected chi connectivity index (χ1v) is 6.67. The van der Waals surface area contributed by atoms with E-state index in [4.69, 9.17) is 11.6 Å². The Labute approximate surface area is 107 Å². The van der Waals surface area contributed by atoms with Crippen LogP contribution in [0.2, 0.25) is 5.02 Å². The van der Waals surface area contributed by atoms with Gasteiger partial charge in [0.2, 0.25) is 0 Å². The fourth-order valence-corrected chi connectivity index (χ4v) is 2.93. The Morgan fingerprint density at radius 3 is 2.47 bits per heavy atom. The van der Waals surface area contributed by atoms with Crippen LogP contribution in [-0.2, 0) is 0 Å². The SMILES string of the molecule is CC1CCCC(C)C1Nc1ccc(F)c(Cl)c1. The van der Waals surface area contributed by atoms with Gasteiger partial charge >= 0.3 is 0 Å². The van der Waals surface area contributed by atoms with E-state index in [2.05, 4.69) is 19.2 Å². The van der Waals surface area contributed by atoms with Crippen LogP contribution in [0.15, 0.2) is 18.2 Å². The predicted molar refractivity (Wildman–Crippen MR) is 71.0 cm³/mol. The zero-order valence-electron chi connectivity index (χ0n) is 10.3. The van der Waals surface area contributed by atoms with Crippen LogP contribution in [0.1, 0.15) is 33.1 Å². The van der Waals surface area contributed by atoms with Gasteiger partial charge in [-0.2, -0.15) is 0 Å². The molecule has 2 atom stereocenters. The van der Waals surface area contributed by atoms with Gasteiger partial charge in [-0.1, -0.05) is 31.9 Å². The van der Waals surface area contributed by atoms with Crippen LogP contribution >= 0.6 is 11.6 Å². The molecule has 0 radical (unpaired) electrons. The molecule has 1 fully saturated rings. The molecule has 0 bridgehead atoms. The van der Waals surface area contributed by atoms with Crippen LogP contribution in [-0.4, -0.2) is 6.04 Å². The van der Waals surface area contributed by atoms with Crippen molar-refractivity contribution in [2.45, 2.75) is 39.2 Å². The second kappa shape index (κ2) is 5.26. The Morgan fingerprint density at radius 2 is 1.88 bits per heavy atom. The van der Waals surface area contributed by atoms with Crippen LogP contribution in [0.5, 0.6) is 0 Å². The van der Waals surface area contributed by atoms with Crippen molar-refractivity contribution in [1.29, 1.82) is 0 Å². The predicted octanol–water partition coefficient (Wildman–Crippen LogP) is 4.72. The molecule has 1 aromatic rings. The Morgan fingerprint density at radius 1 is 1.24 bits per heavy atom. The number of nitrogens with one attached hydrogen (secondary N) is 1. The maximum Gasteiger partial charge on any atom is 0.141 e. The van der Waals surface area contributed by atoms with Crippen molar-refractivity contribution in [1.82, 2.24) is 0 Å². The third kappa shape index (κ3) is 2.92. The molecule has 3 heteroatoms. The van der Waals surface area contributed by atoms with Crippen LogP contribution in [0.3, 0.4) is 0 Å². The van der Waals surface area contributed by atoms with Gasteiger partial charge in [-0.25, -0.2) is 4.39 Å². The van der Waals surface area contributed by atoms with Crippen molar-refractivity contribution in [3.8, 4) is 0 Å². The third-order valence-corrected chi connectivity index (χ3v) is 4.09. The molecule has 17 heavy (non-hydrogen) atoms. The first kappa shape index (κ1) is 12.7. The summed E-state index contributed by atoms with van der Waals surface area (Å²) in [5, 5.41) is 3.68. The van der Waals surface area contributed by atoms with Gasteiger partial charge in [0.1, 0.15) is 5.82 Å². The van der Waals surface area contributed by atoms with Crippen LogP contribution < -0.4 is 5.32 Å². The van der Waals surface area contributed by atoms with Crippen molar-refractivity contribution < 1.29 is 4.39 Å². The molecule has 0 spiro atoms. The van der Waals surface area contributed by atoms with Crippen molar-refractivity contribution in [3.63, 3.8) is 0 Å². The topological polar surface area (TPSA) is 12.0 Å². The lowest BCUT2D eigenvalue weighted by molar-refractivity contribution is 0.268. The fourth-order valence-electron chi connectivity index (χ4n) is 2.74. The smallest absolute Gasteiger partial charge is 0.141 e. The highest BCUT2D eigenvalue weighted by molar-refractivity contribution is 6.31. The zero-order valence-corrected chi connectivity index (χ0v) is 11.1. The fraction of sp³-hybridized carbons (Fsp3) is 0.571. The average molecular weight is 256 g/mol. The number of benzene rings is 1. The molecule has 2 rings (SSSR count). The summed E-state index contributed by atoms with van der Waals surface area (Å²) < 4.78 is 13.1. The average Bonchev–Trinajstić information content (AvgIpc) is 2.28. The Kier molecular flexibility index (Phi) is 3.93. The maximum atomic E-state index is 13.1. The maximum absolute atomic E-state index is 13.1. The molecular weight excluding hydrogens is 237 g/mol. The number of rotatable bonds is 2. The minimum atomic E-state index is -0.359. The second-order valence-corrected chi connectivity index (χ2v) is 5.59. The molecule has 1 saturated carbocycles. The van der Waals surface area contributed by atoms with E-state index in [1.165, 1.54) is 25.3 Å². The summed E-state index contributed by atoms with van der Waals surface area (Å²) in [7, 11) is 0. The first-order valence-electron chi connectivity index (χ1n) is 6.29. The molecule has 0 amide bonds. The highest BCUT2D eigenvalue weighted by atomic mass is 35.5. The molecule has 1 N–H and O–H groups in total. The summed E-state index contributed by atoms with van der Waals surface area (Å²) in [4.78, 5) is 0. The summed E-state index contributed by atoms with van der Waals surface area (Å²) >= 11 is 5.79. The summed E-state index contributed by atoms with van der Waals surface area (Å²) in [5.74, 6) is 0.951. The van der Waals surface area contributed by atoms with E-state index in [1.807, 2.05) is 0 Å². The van der Waals surface area contributed by atoms with E-state index < -0.39 is 0 Å². The summed E-state index contributed by atoms with van der Waals surface area (Å²) in [6, 6.07) is 5.31.